The molecule has 1 saturated heterocycles. The van der Waals surface area contributed by atoms with Gasteiger partial charge in [-0.2, -0.15) is 4.31 Å². The summed E-state index contributed by atoms with van der Waals surface area (Å²) < 4.78 is 32.8. The van der Waals surface area contributed by atoms with E-state index < -0.39 is 16.0 Å². The van der Waals surface area contributed by atoms with Crippen LogP contribution in [0.25, 0.3) is 0 Å². The summed E-state index contributed by atoms with van der Waals surface area (Å²) >= 11 is 0. The Labute approximate surface area is 160 Å². The maximum absolute atomic E-state index is 13.3. The molecule has 7 heteroatoms. The van der Waals surface area contributed by atoms with Crippen LogP contribution in [-0.4, -0.2) is 45.4 Å². The Morgan fingerprint density at radius 3 is 2.52 bits per heavy atom. The molecular formula is C20H24N2O4S. The molecule has 3 rings (SSSR count). The second-order valence-corrected chi connectivity index (χ2v) is 8.73. The number of esters is 1. The van der Waals surface area contributed by atoms with Gasteiger partial charge in [0.25, 0.3) is 0 Å². The van der Waals surface area contributed by atoms with Crippen molar-refractivity contribution in [2.45, 2.75) is 17.7 Å². The molecule has 2 aromatic rings. The largest absolute Gasteiger partial charge is 0.465 e. The van der Waals surface area contributed by atoms with E-state index in [-0.39, 0.29) is 22.3 Å². The van der Waals surface area contributed by atoms with Crippen LogP contribution in [0.3, 0.4) is 0 Å². The lowest BCUT2D eigenvalue weighted by atomic mass is 9.89. The predicted octanol–water partition coefficient (Wildman–Crippen LogP) is 2.14. The van der Waals surface area contributed by atoms with Crippen LogP contribution >= 0.6 is 0 Å². The maximum atomic E-state index is 13.3. The number of rotatable bonds is 5. The lowest BCUT2D eigenvalue weighted by molar-refractivity contribution is 0.0596. The van der Waals surface area contributed by atoms with E-state index in [1.165, 1.54) is 17.5 Å². The highest BCUT2D eigenvalue weighted by atomic mass is 32.2. The average Bonchev–Trinajstić information content (AvgIpc) is 3.13. The van der Waals surface area contributed by atoms with Gasteiger partial charge >= 0.3 is 5.97 Å². The molecule has 0 aliphatic carbocycles. The molecule has 0 aromatic heterocycles. The van der Waals surface area contributed by atoms with E-state index in [0.717, 1.165) is 11.1 Å². The number of nitrogens with two attached hydrogens (primary N) is 1. The Morgan fingerprint density at radius 2 is 1.89 bits per heavy atom. The van der Waals surface area contributed by atoms with Crippen molar-refractivity contribution in [1.82, 2.24) is 4.31 Å². The minimum Gasteiger partial charge on any atom is -0.465 e. The lowest BCUT2D eigenvalue weighted by Crippen LogP contribution is -2.31. The van der Waals surface area contributed by atoms with E-state index in [9.17, 15) is 13.2 Å². The van der Waals surface area contributed by atoms with Crippen LogP contribution in [0.2, 0.25) is 0 Å². The lowest BCUT2D eigenvalue weighted by Gasteiger charge is -2.19. The molecule has 0 unspecified atom stereocenters. The topological polar surface area (TPSA) is 89.7 Å². The molecule has 1 aliphatic heterocycles. The normalized spacial score (nSPS) is 20.6. The summed E-state index contributed by atoms with van der Waals surface area (Å²) in [5.41, 5.74) is 7.85. The Hall–Kier alpha value is -2.22. The smallest absolute Gasteiger partial charge is 0.339 e. The van der Waals surface area contributed by atoms with E-state index in [1.54, 1.807) is 19.1 Å². The molecule has 0 saturated carbocycles. The fourth-order valence-electron chi connectivity index (χ4n) is 3.62. The van der Waals surface area contributed by atoms with Crippen molar-refractivity contribution < 1.29 is 17.9 Å². The molecule has 2 aromatic carbocycles. The number of carbonyl (C=O) groups excluding carboxylic acids is 1. The summed E-state index contributed by atoms with van der Waals surface area (Å²) in [6.07, 6.45) is 0. The summed E-state index contributed by atoms with van der Waals surface area (Å²) in [7, 11) is -2.61. The highest BCUT2D eigenvalue weighted by Crippen LogP contribution is 2.36. The maximum Gasteiger partial charge on any atom is 0.339 e. The summed E-state index contributed by atoms with van der Waals surface area (Å²) in [5, 5.41) is 0. The third-order valence-electron chi connectivity index (χ3n) is 5.10. The van der Waals surface area contributed by atoms with Crippen LogP contribution in [0.4, 0.5) is 0 Å². The van der Waals surface area contributed by atoms with Gasteiger partial charge in [0.1, 0.15) is 0 Å². The van der Waals surface area contributed by atoms with Crippen molar-refractivity contribution in [3.05, 3.63) is 65.2 Å². The van der Waals surface area contributed by atoms with Gasteiger partial charge in [-0.3, -0.25) is 0 Å². The van der Waals surface area contributed by atoms with Gasteiger partial charge < -0.3 is 10.5 Å². The first-order valence-corrected chi connectivity index (χ1v) is 10.3. The summed E-state index contributed by atoms with van der Waals surface area (Å²) in [5.74, 6) is -0.612. The van der Waals surface area contributed by atoms with Crippen molar-refractivity contribution in [2.24, 2.45) is 11.7 Å². The zero-order valence-corrected chi connectivity index (χ0v) is 16.3. The zero-order chi connectivity index (χ0) is 19.6. The van der Waals surface area contributed by atoms with Crippen LogP contribution in [-0.2, 0) is 14.8 Å². The first-order chi connectivity index (χ1) is 12.9. The quantitative estimate of drug-likeness (QED) is 0.793. The third kappa shape index (κ3) is 3.76. The summed E-state index contributed by atoms with van der Waals surface area (Å²) in [4.78, 5) is 12.1. The Kier molecular flexibility index (Phi) is 5.64. The number of hydrogen-bond acceptors (Lipinski definition) is 5. The van der Waals surface area contributed by atoms with Gasteiger partial charge in [0.05, 0.1) is 17.6 Å². The Morgan fingerprint density at radius 1 is 1.19 bits per heavy atom. The van der Waals surface area contributed by atoms with E-state index in [0.29, 0.717) is 19.6 Å². The van der Waals surface area contributed by atoms with Gasteiger partial charge in [0.2, 0.25) is 10.0 Å². The van der Waals surface area contributed by atoms with Gasteiger partial charge in [-0.15, -0.1) is 0 Å². The molecule has 1 heterocycles. The highest BCUT2D eigenvalue weighted by molar-refractivity contribution is 7.89. The van der Waals surface area contributed by atoms with Gasteiger partial charge in [-0.1, -0.05) is 42.0 Å². The second-order valence-electron chi connectivity index (χ2n) is 6.83. The number of aryl methyl sites for hydroxylation is 1. The molecule has 144 valence electrons. The number of sulfonamides is 1. The second kappa shape index (κ2) is 7.80. The molecule has 1 aliphatic rings. The SMILES string of the molecule is COC(=O)c1cc(C)ccc1S(=O)(=O)N1C[C@@H](CN)[C@H](c2ccccc2)C1. The van der Waals surface area contributed by atoms with Crippen LogP contribution in [0.1, 0.15) is 27.4 Å². The molecular weight excluding hydrogens is 364 g/mol. The van der Waals surface area contributed by atoms with Crippen molar-refractivity contribution in [3.8, 4) is 0 Å². The van der Waals surface area contributed by atoms with E-state index in [4.69, 9.17) is 10.5 Å². The number of ether oxygens (including phenoxy) is 1. The van der Waals surface area contributed by atoms with Crippen LogP contribution < -0.4 is 5.73 Å². The molecule has 6 nitrogen and oxygen atoms in total. The first kappa shape index (κ1) is 19.5. The molecule has 0 bridgehead atoms. The van der Waals surface area contributed by atoms with Crippen molar-refractivity contribution >= 4 is 16.0 Å². The van der Waals surface area contributed by atoms with Gasteiger partial charge in [-0.25, -0.2) is 13.2 Å². The van der Waals surface area contributed by atoms with E-state index >= 15 is 0 Å². The predicted molar refractivity (Wildman–Crippen MR) is 103 cm³/mol. The molecule has 0 amide bonds. The number of methoxy groups -OCH3 is 1. The van der Waals surface area contributed by atoms with Crippen molar-refractivity contribution in [2.75, 3.05) is 26.7 Å². The zero-order valence-electron chi connectivity index (χ0n) is 15.5. The average molecular weight is 388 g/mol. The molecule has 2 N–H and O–H groups in total. The minimum absolute atomic E-state index is 0.0224. The third-order valence-corrected chi connectivity index (χ3v) is 6.99. The summed E-state index contributed by atoms with van der Waals surface area (Å²) in [6.45, 7) is 2.85. The summed E-state index contributed by atoms with van der Waals surface area (Å²) in [6, 6.07) is 14.5. The molecule has 0 spiro atoms. The monoisotopic (exact) mass is 388 g/mol. The molecule has 27 heavy (non-hydrogen) atoms. The number of benzene rings is 2. The van der Waals surface area contributed by atoms with Crippen LogP contribution in [0.5, 0.6) is 0 Å². The van der Waals surface area contributed by atoms with Gasteiger partial charge in [-0.05, 0) is 37.1 Å². The number of carbonyl (C=O) groups is 1. The molecule has 0 radical (unpaired) electrons. The van der Waals surface area contributed by atoms with E-state index in [2.05, 4.69) is 0 Å². The standard InChI is InChI=1S/C20H24N2O4S/c1-14-8-9-19(17(10-14)20(23)26-2)27(24,25)22-12-16(11-21)18(13-22)15-6-4-3-5-7-15/h3-10,16,18H,11-13,21H2,1-2H3/t16-,18+/m1/s1. The fraction of sp³-hybridized carbons (Fsp3) is 0.350. The van der Waals surface area contributed by atoms with Crippen LogP contribution in [0.15, 0.2) is 53.4 Å². The minimum atomic E-state index is -3.85. The first-order valence-electron chi connectivity index (χ1n) is 8.82. The van der Waals surface area contributed by atoms with Crippen molar-refractivity contribution in [1.29, 1.82) is 0 Å². The Balaban J connectivity index is 1.98. The highest BCUT2D eigenvalue weighted by Gasteiger charge is 2.40. The fourth-order valence-corrected chi connectivity index (χ4v) is 5.30. The van der Waals surface area contributed by atoms with Gasteiger partial charge in [0, 0.05) is 19.0 Å². The number of nitrogens with zero attached hydrogens (tertiary/aromatic N) is 1. The Bertz CT molecular complexity index is 928. The van der Waals surface area contributed by atoms with E-state index in [1.807, 2.05) is 30.3 Å². The number of hydrogen-bond donors (Lipinski definition) is 1. The molecule has 1 fully saturated rings. The van der Waals surface area contributed by atoms with Crippen LogP contribution in [0, 0.1) is 12.8 Å². The van der Waals surface area contributed by atoms with Crippen molar-refractivity contribution in [3.63, 3.8) is 0 Å². The van der Waals surface area contributed by atoms with Gasteiger partial charge in [0.15, 0.2) is 0 Å². The molecule has 2 atom stereocenters.